The van der Waals surface area contributed by atoms with E-state index in [-0.39, 0.29) is 11.1 Å². The smallest absolute Gasteiger partial charge is 0.142 e. The lowest BCUT2D eigenvalue weighted by Gasteiger charge is -2.19. The summed E-state index contributed by atoms with van der Waals surface area (Å²) in [6, 6.07) is 10.6. The number of halogens is 3. The zero-order valence-electron chi connectivity index (χ0n) is 11.1. The van der Waals surface area contributed by atoms with Gasteiger partial charge in [-0.3, -0.25) is 0 Å². The molecule has 2 aromatic carbocycles. The van der Waals surface area contributed by atoms with E-state index in [1.165, 1.54) is 17.0 Å². The predicted molar refractivity (Wildman–Crippen MR) is 86.7 cm³/mol. The van der Waals surface area contributed by atoms with Crippen LogP contribution in [-0.2, 0) is 0 Å². The highest BCUT2D eigenvalue weighted by Crippen LogP contribution is 2.34. The fraction of sp³-hybridized carbons (Fsp3) is 0.200. The maximum Gasteiger partial charge on any atom is 0.142 e. The molecule has 0 spiro atoms. The average Bonchev–Trinajstić information content (AvgIpc) is 2.44. The molecule has 0 aliphatic rings. The number of hydrogen-bond donors (Lipinski definition) is 1. The van der Waals surface area contributed by atoms with Crippen LogP contribution in [0.15, 0.2) is 41.3 Å². The van der Waals surface area contributed by atoms with Crippen molar-refractivity contribution < 1.29 is 4.39 Å². The molecule has 0 radical (unpaired) electrons. The molecule has 1 unspecified atom stereocenters. The summed E-state index contributed by atoms with van der Waals surface area (Å²) >= 11 is 13.8. The van der Waals surface area contributed by atoms with Crippen molar-refractivity contribution in [3.8, 4) is 0 Å². The number of benzene rings is 2. The van der Waals surface area contributed by atoms with E-state index >= 15 is 0 Å². The van der Waals surface area contributed by atoms with Gasteiger partial charge in [0, 0.05) is 21.2 Å². The molecule has 1 N–H and O–H groups in total. The van der Waals surface area contributed by atoms with Gasteiger partial charge in [0.25, 0.3) is 0 Å². The van der Waals surface area contributed by atoms with Gasteiger partial charge in [-0.15, -0.1) is 11.8 Å². The summed E-state index contributed by atoms with van der Waals surface area (Å²) in [6.45, 7) is 1.90. The molecule has 0 bridgehead atoms. The first-order chi connectivity index (χ1) is 9.52. The van der Waals surface area contributed by atoms with Gasteiger partial charge in [-0.2, -0.15) is 0 Å². The number of thioether (sulfide) groups is 1. The minimum atomic E-state index is -0.461. The van der Waals surface area contributed by atoms with E-state index in [0.29, 0.717) is 10.6 Å². The second-order valence-electron chi connectivity index (χ2n) is 4.35. The fourth-order valence-electron chi connectivity index (χ4n) is 1.95. The number of anilines is 1. The summed E-state index contributed by atoms with van der Waals surface area (Å²) in [5.74, 6) is -0.461. The lowest BCUT2D eigenvalue weighted by Crippen LogP contribution is -2.08. The standard InChI is InChI=1S/C15H14Cl2FNS/c1-9(14-12(16)7-8-13(18)15(14)17)19-10-3-5-11(20-2)6-4-10/h3-9,19H,1-2H3. The third-order valence-corrected chi connectivity index (χ3v) is 4.44. The fourth-order valence-corrected chi connectivity index (χ4v) is 3.06. The van der Waals surface area contributed by atoms with Crippen LogP contribution in [0, 0.1) is 5.82 Å². The highest BCUT2D eigenvalue weighted by Gasteiger charge is 2.16. The van der Waals surface area contributed by atoms with Gasteiger partial charge in [-0.1, -0.05) is 23.2 Å². The molecule has 0 saturated carbocycles. The van der Waals surface area contributed by atoms with E-state index in [1.807, 2.05) is 37.4 Å². The molecule has 106 valence electrons. The summed E-state index contributed by atoms with van der Waals surface area (Å²) in [6.07, 6.45) is 2.03. The minimum absolute atomic E-state index is 0.0678. The third kappa shape index (κ3) is 3.40. The van der Waals surface area contributed by atoms with Crippen LogP contribution < -0.4 is 5.32 Å². The van der Waals surface area contributed by atoms with E-state index in [1.54, 1.807) is 11.8 Å². The molecule has 1 atom stereocenters. The Morgan fingerprint density at radius 3 is 2.35 bits per heavy atom. The molecular formula is C15H14Cl2FNS. The molecule has 0 aliphatic carbocycles. The van der Waals surface area contributed by atoms with Crippen LogP contribution in [0.25, 0.3) is 0 Å². The van der Waals surface area contributed by atoms with Crippen LogP contribution in [0.1, 0.15) is 18.5 Å². The lowest BCUT2D eigenvalue weighted by atomic mass is 10.1. The predicted octanol–water partition coefficient (Wildman–Crippen LogP) is 6.03. The van der Waals surface area contributed by atoms with Crippen molar-refractivity contribution in [3.05, 3.63) is 57.8 Å². The molecule has 0 aromatic heterocycles. The molecule has 2 aromatic rings. The van der Waals surface area contributed by atoms with Crippen molar-refractivity contribution in [2.45, 2.75) is 17.9 Å². The molecule has 0 saturated heterocycles. The Labute approximate surface area is 132 Å². The van der Waals surface area contributed by atoms with Crippen molar-refractivity contribution in [1.82, 2.24) is 0 Å². The molecule has 1 nitrogen and oxygen atoms in total. The quantitative estimate of drug-likeness (QED) is 0.543. The van der Waals surface area contributed by atoms with Crippen molar-refractivity contribution in [2.24, 2.45) is 0 Å². The molecule has 0 amide bonds. The number of nitrogens with one attached hydrogen (secondary N) is 1. The largest absolute Gasteiger partial charge is 0.378 e. The van der Waals surface area contributed by atoms with Crippen LogP contribution in [0.4, 0.5) is 10.1 Å². The van der Waals surface area contributed by atoms with Crippen LogP contribution in [0.3, 0.4) is 0 Å². The van der Waals surface area contributed by atoms with Gasteiger partial charge < -0.3 is 5.32 Å². The minimum Gasteiger partial charge on any atom is -0.378 e. The van der Waals surface area contributed by atoms with Crippen molar-refractivity contribution in [3.63, 3.8) is 0 Å². The van der Waals surface area contributed by atoms with E-state index in [9.17, 15) is 4.39 Å². The first-order valence-electron chi connectivity index (χ1n) is 6.07. The van der Waals surface area contributed by atoms with Gasteiger partial charge in [0.15, 0.2) is 0 Å². The molecule has 0 fully saturated rings. The average molecular weight is 330 g/mol. The third-order valence-electron chi connectivity index (χ3n) is 2.99. The maximum absolute atomic E-state index is 13.5. The van der Waals surface area contributed by atoms with Gasteiger partial charge in [0.05, 0.1) is 11.1 Å². The Bertz CT molecular complexity index is 602. The Balaban J connectivity index is 2.23. The summed E-state index contributed by atoms with van der Waals surface area (Å²) in [7, 11) is 0. The topological polar surface area (TPSA) is 12.0 Å². The number of rotatable bonds is 4. The zero-order valence-corrected chi connectivity index (χ0v) is 13.4. The zero-order chi connectivity index (χ0) is 14.7. The SMILES string of the molecule is CSc1ccc(NC(C)c2c(Cl)ccc(F)c2Cl)cc1. The molecule has 0 aliphatic heterocycles. The molecule has 5 heteroatoms. The van der Waals surface area contributed by atoms with Crippen LogP contribution in [0.2, 0.25) is 10.0 Å². The second-order valence-corrected chi connectivity index (χ2v) is 6.02. The lowest BCUT2D eigenvalue weighted by molar-refractivity contribution is 0.624. The van der Waals surface area contributed by atoms with Crippen molar-refractivity contribution >= 4 is 40.7 Å². The normalized spacial score (nSPS) is 12.2. The summed E-state index contributed by atoms with van der Waals surface area (Å²) in [5, 5.41) is 3.80. The Hall–Kier alpha value is -0.900. The van der Waals surface area contributed by atoms with Gasteiger partial charge in [0.1, 0.15) is 5.82 Å². The maximum atomic E-state index is 13.5. The molecule has 0 heterocycles. The first kappa shape index (κ1) is 15.5. The monoisotopic (exact) mass is 329 g/mol. The van der Waals surface area contributed by atoms with Gasteiger partial charge in [-0.25, -0.2) is 4.39 Å². The Morgan fingerprint density at radius 1 is 1.10 bits per heavy atom. The summed E-state index contributed by atoms with van der Waals surface area (Å²) in [5.41, 5.74) is 1.51. The van der Waals surface area contributed by atoms with E-state index < -0.39 is 5.82 Å². The highest BCUT2D eigenvalue weighted by molar-refractivity contribution is 7.98. The van der Waals surface area contributed by atoms with Crippen molar-refractivity contribution in [2.75, 3.05) is 11.6 Å². The second kappa shape index (κ2) is 6.70. The van der Waals surface area contributed by atoms with Crippen LogP contribution in [0.5, 0.6) is 0 Å². The Kier molecular flexibility index (Phi) is 5.19. The van der Waals surface area contributed by atoms with Gasteiger partial charge >= 0.3 is 0 Å². The van der Waals surface area contributed by atoms with Crippen LogP contribution >= 0.6 is 35.0 Å². The van der Waals surface area contributed by atoms with Crippen molar-refractivity contribution in [1.29, 1.82) is 0 Å². The van der Waals surface area contributed by atoms with E-state index in [2.05, 4.69) is 5.32 Å². The highest BCUT2D eigenvalue weighted by atomic mass is 35.5. The van der Waals surface area contributed by atoms with E-state index in [0.717, 1.165) is 5.69 Å². The van der Waals surface area contributed by atoms with Crippen LogP contribution in [-0.4, -0.2) is 6.26 Å². The molecular weight excluding hydrogens is 316 g/mol. The molecule has 20 heavy (non-hydrogen) atoms. The summed E-state index contributed by atoms with van der Waals surface area (Å²) in [4.78, 5) is 1.19. The summed E-state index contributed by atoms with van der Waals surface area (Å²) < 4.78 is 13.5. The first-order valence-corrected chi connectivity index (χ1v) is 8.05. The van der Waals surface area contributed by atoms with Gasteiger partial charge in [0.2, 0.25) is 0 Å². The van der Waals surface area contributed by atoms with E-state index in [4.69, 9.17) is 23.2 Å². The number of hydrogen-bond acceptors (Lipinski definition) is 2. The van der Waals surface area contributed by atoms with Gasteiger partial charge in [-0.05, 0) is 49.6 Å². The Morgan fingerprint density at radius 2 is 1.75 bits per heavy atom. The molecule has 2 rings (SSSR count).